The number of hydrogen-bond donors (Lipinski definition) is 1. The Morgan fingerprint density at radius 1 is 1.44 bits per heavy atom. The summed E-state index contributed by atoms with van der Waals surface area (Å²) in [6, 6.07) is 5.10. The molecular formula is C13H22N2O. The van der Waals surface area contributed by atoms with E-state index in [-0.39, 0.29) is 0 Å². The van der Waals surface area contributed by atoms with Crippen LogP contribution in [0.4, 0.5) is 0 Å². The Kier molecular flexibility index (Phi) is 4.02. The highest BCUT2D eigenvalue weighted by Gasteiger charge is 2.28. The second kappa shape index (κ2) is 5.51. The van der Waals surface area contributed by atoms with Gasteiger partial charge in [-0.1, -0.05) is 0 Å². The maximum absolute atomic E-state index is 8.81. The molecule has 0 bridgehead atoms. The molecule has 3 nitrogen and oxygen atoms in total. The minimum Gasteiger partial charge on any atom is -0.396 e. The highest BCUT2D eigenvalue weighted by Crippen LogP contribution is 2.28. The van der Waals surface area contributed by atoms with Crippen LogP contribution in [0.2, 0.25) is 0 Å². The van der Waals surface area contributed by atoms with E-state index >= 15 is 0 Å². The first-order valence-corrected chi connectivity index (χ1v) is 6.26. The third kappa shape index (κ3) is 3.09. The predicted octanol–water partition coefficient (Wildman–Crippen LogP) is 1.76. The molecule has 3 heteroatoms. The first-order chi connectivity index (χ1) is 7.81. The van der Waals surface area contributed by atoms with Crippen molar-refractivity contribution in [2.45, 2.75) is 38.3 Å². The summed E-state index contributed by atoms with van der Waals surface area (Å²) in [5, 5.41) is 8.81. The standard InChI is InChI=1S/C13H22N2O/c1-14-8-4-5-13(14)11-15(12-6-7-12)9-2-3-10-16/h4-5,8,12,16H,2-3,6-7,9-11H2,1H3. The van der Waals surface area contributed by atoms with Crippen LogP contribution < -0.4 is 0 Å². The molecule has 0 atom stereocenters. The molecule has 0 spiro atoms. The Hall–Kier alpha value is -0.800. The molecule has 1 fully saturated rings. The Morgan fingerprint density at radius 3 is 2.81 bits per heavy atom. The lowest BCUT2D eigenvalue weighted by atomic mass is 10.2. The van der Waals surface area contributed by atoms with Crippen LogP contribution in [0.3, 0.4) is 0 Å². The van der Waals surface area contributed by atoms with E-state index in [1.165, 1.54) is 18.5 Å². The lowest BCUT2D eigenvalue weighted by Crippen LogP contribution is -2.27. The van der Waals surface area contributed by atoms with E-state index in [4.69, 9.17) is 5.11 Å². The van der Waals surface area contributed by atoms with E-state index in [1.807, 2.05) is 0 Å². The van der Waals surface area contributed by atoms with E-state index in [1.54, 1.807) is 0 Å². The van der Waals surface area contributed by atoms with Crippen molar-refractivity contribution in [1.29, 1.82) is 0 Å². The van der Waals surface area contributed by atoms with Crippen molar-refractivity contribution in [2.24, 2.45) is 7.05 Å². The molecule has 1 saturated carbocycles. The number of unbranched alkanes of at least 4 members (excludes halogenated alkanes) is 1. The molecular weight excluding hydrogens is 200 g/mol. The molecule has 90 valence electrons. The smallest absolute Gasteiger partial charge is 0.0431 e. The van der Waals surface area contributed by atoms with Crippen molar-refractivity contribution in [3.8, 4) is 0 Å². The van der Waals surface area contributed by atoms with Crippen molar-refractivity contribution in [1.82, 2.24) is 9.47 Å². The summed E-state index contributed by atoms with van der Waals surface area (Å²) in [7, 11) is 2.11. The third-order valence-electron chi connectivity index (χ3n) is 3.33. The number of rotatable bonds is 7. The van der Waals surface area contributed by atoms with Gasteiger partial charge in [-0.25, -0.2) is 0 Å². The molecule has 1 aliphatic rings. The van der Waals surface area contributed by atoms with Crippen LogP contribution in [0, 0.1) is 0 Å². The maximum Gasteiger partial charge on any atom is 0.0431 e. The molecule has 0 aromatic carbocycles. The van der Waals surface area contributed by atoms with Gasteiger partial charge in [0, 0.05) is 38.1 Å². The molecule has 16 heavy (non-hydrogen) atoms. The molecule has 1 heterocycles. The van der Waals surface area contributed by atoms with Gasteiger partial charge in [0.15, 0.2) is 0 Å². The normalized spacial score (nSPS) is 15.9. The second-order valence-corrected chi connectivity index (χ2v) is 4.74. The number of hydrogen-bond acceptors (Lipinski definition) is 2. The van der Waals surface area contributed by atoms with Gasteiger partial charge in [-0.05, 0) is 44.4 Å². The Balaban J connectivity index is 1.85. The van der Waals surface area contributed by atoms with Crippen LogP contribution in [0.1, 0.15) is 31.4 Å². The van der Waals surface area contributed by atoms with Gasteiger partial charge in [0.2, 0.25) is 0 Å². The molecule has 0 saturated heterocycles. The first kappa shape index (κ1) is 11.7. The zero-order chi connectivity index (χ0) is 11.4. The molecule has 1 aromatic rings. The average molecular weight is 222 g/mol. The summed E-state index contributed by atoms with van der Waals surface area (Å²) in [6.45, 7) is 2.50. The molecule has 0 aliphatic heterocycles. The average Bonchev–Trinajstić information content (AvgIpc) is 3.04. The van der Waals surface area contributed by atoms with E-state index < -0.39 is 0 Å². The molecule has 0 unspecified atom stereocenters. The van der Waals surface area contributed by atoms with Crippen LogP contribution in [0.5, 0.6) is 0 Å². The number of aliphatic hydroxyl groups is 1. The summed E-state index contributed by atoms with van der Waals surface area (Å²) in [5.74, 6) is 0. The topological polar surface area (TPSA) is 28.4 Å². The van der Waals surface area contributed by atoms with Gasteiger partial charge in [-0.15, -0.1) is 0 Å². The molecule has 1 N–H and O–H groups in total. The fourth-order valence-corrected chi connectivity index (χ4v) is 2.13. The van der Waals surface area contributed by atoms with Gasteiger partial charge < -0.3 is 9.67 Å². The van der Waals surface area contributed by atoms with Crippen LogP contribution in [0.15, 0.2) is 18.3 Å². The lowest BCUT2D eigenvalue weighted by molar-refractivity contribution is 0.225. The zero-order valence-corrected chi connectivity index (χ0v) is 10.1. The maximum atomic E-state index is 8.81. The van der Waals surface area contributed by atoms with Gasteiger partial charge in [0.05, 0.1) is 0 Å². The fourth-order valence-electron chi connectivity index (χ4n) is 2.13. The van der Waals surface area contributed by atoms with Crippen molar-refractivity contribution in [3.05, 3.63) is 24.0 Å². The molecule has 1 aliphatic carbocycles. The summed E-state index contributed by atoms with van der Waals surface area (Å²) >= 11 is 0. The number of aliphatic hydroxyl groups excluding tert-OH is 1. The minimum atomic E-state index is 0.322. The Labute approximate surface area is 97.7 Å². The second-order valence-electron chi connectivity index (χ2n) is 4.74. The van der Waals surface area contributed by atoms with Gasteiger partial charge in [0.25, 0.3) is 0 Å². The van der Waals surface area contributed by atoms with Crippen LogP contribution in [-0.4, -0.2) is 33.8 Å². The van der Waals surface area contributed by atoms with Crippen molar-refractivity contribution in [3.63, 3.8) is 0 Å². The Morgan fingerprint density at radius 2 is 2.25 bits per heavy atom. The van der Waals surface area contributed by atoms with Crippen molar-refractivity contribution in [2.75, 3.05) is 13.2 Å². The minimum absolute atomic E-state index is 0.322. The van der Waals surface area contributed by atoms with Crippen LogP contribution in [-0.2, 0) is 13.6 Å². The number of aryl methyl sites for hydroxylation is 1. The third-order valence-corrected chi connectivity index (χ3v) is 3.33. The SMILES string of the molecule is Cn1cccc1CN(CCCCO)C1CC1. The van der Waals surface area contributed by atoms with Crippen molar-refractivity contribution >= 4 is 0 Å². The summed E-state index contributed by atoms with van der Waals surface area (Å²) in [6.07, 6.45) is 6.84. The van der Waals surface area contributed by atoms with E-state index in [0.29, 0.717) is 6.61 Å². The summed E-state index contributed by atoms with van der Waals surface area (Å²) < 4.78 is 2.20. The highest BCUT2D eigenvalue weighted by molar-refractivity contribution is 5.07. The Bertz CT molecular complexity index is 317. The number of aromatic nitrogens is 1. The fraction of sp³-hybridized carbons (Fsp3) is 0.692. The van der Waals surface area contributed by atoms with Gasteiger partial charge in [0.1, 0.15) is 0 Å². The van der Waals surface area contributed by atoms with E-state index in [2.05, 4.69) is 34.8 Å². The summed E-state index contributed by atoms with van der Waals surface area (Å²) in [5.41, 5.74) is 1.39. The predicted molar refractivity (Wildman–Crippen MR) is 65.2 cm³/mol. The van der Waals surface area contributed by atoms with Crippen LogP contribution in [0.25, 0.3) is 0 Å². The van der Waals surface area contributed by atoms with Gasteiger partial charge in [-0.2, -0.15) is 0 Å². The monoisotopic (exact) mass is 222 g/mol. The molecule has 1 aromatic heterocycles. The van der Waals surface area contributed by atoms with Crippen LogP contribution >= 0.6 is 0 Å². The molecule has 0 radical (unpaired) electrons. The molecule has 0 amide bonds. The van der Waals surface area contributed by atoms with Gasteiger partial charge >= 0.3 is 0 Å². The molecule has 2 rings (SSSR count). The largest absolute Gasteiger partial charge is 0.396 e. The van der Waals surface area contributed by atoms with E-state index in [9.17, 15) is 0 Å². The summed E-state index contributed by atoms with van der Waals surface area (Å²) in [4.78, 5) is 2.56. The zero-order valence-electron chi connectivity index (χ0n) is 10.1. The first-order valence-electron chi connectivity index (χ1n) is 6.26. The van der Waals surface area contributed by atoms with E-state index in [0.717, 1.165) is 32.0 Å². The highest BCUT2D eigenvalue weighted by atomic mass is 16.2. The van der Waals surface area contributed by atoms with Gasteiger partial charge in [-0.3, -0.25) is 4.90 Å². The quantitative estimate of drug-likeness (QED) is 0.712. The van der Waals surface area contributed by atoms with Crippen molar-refractivity contribution < 1.29 is 5.11 Å². The number of nitrogens with zero attached hydrogens (tertiary/aromatic N) is 2. The lowest BCUT2D eigenvalue weighted by Gasteiger charge is -2.22.